The van der Waals surface area contributed by atoms with Gasteiger partial charge in [-0.1, -0.05) is 27.5 Å². The van der Waals surface area contributed by atoms with E-state index in [0.29, 0.717) is 0 Å². The molecule has 0 heterocycles. The quantitative estimate of drug-likeness (QED) is 0.478. The molecule has 126 valence electrons. The Balaban J connectivity index is 2.42. The highest BCUT2D eigenvalue weighted by Gasteiger charge is 2.33. The number of ether oxygens (including phenoxy) is 1. The Morgan fingerprint density at radius 1 is 1.21 bits per heavy atom. The van der Waals surface area contributed by atoms with Gasteiger partial charge in [0.2, 0.25) is 0 Å². The van der Waals surface area contributed by atoms with E-state index < -0.39 is 21.8 Å². The summed E-state index contributed by atoms with van der Waals surface area (Å²) in [5, 5.41) is 10.3. The summed E-state index contributed by atoms with van der Waals surface area (Å²) in [6, 6.07) is 8.85. The first-order chi connectivity index (χ1) is 11.2. The Bertz CT molecular complexity index is 823. The number of nitriles is 1. The van der Waals surface area contributed by atoms with E-state index in [-0.39, 0.29) is 27.0 Å². The van der Waals surface area contributed by atoms with Crippen LogP contribution in [0.4, 0.5) is 17.6 Å². The van der Waals surface area contributed by atoms with Gasteiger partial charge in [0.25, 0.3) is 0 Å². The maximum Gasteiger partial charge on any atom is 0.440 e. The molecule has 2 rings (SSSR count). The molecule has 0 bridgehead atoms. The minimum absolute atomic E-state index is 0.0183. The van der Waals surface area contributed by atoms with Crippen molar-refractivity contribution in [3.05, 3.63) is 52.8 Å². The fourth-order valence-electron chi connectivity index (χ4n) is 1.94. The largest absolute Gasteiger partial charge is 0.456 e. The number of halogens is 5. The van der Waals surface area contributed by atoms with Crippen molar-refractivity contribution in [2.24, 2.45) is 0 Å². The second-order valence-corrected chi connectivity index (χ2v) is 7.01. The van der Waals surface area contributed by atoms with Gasteiger partial charge < -0.3 is 4.74 Å². The molecule has 0 aromatic heterocycles. The van der Waals surface area contributed by atoms with Gasteiger partial charge in [0.15, 0.2) is 0 Å². The van der Waals surface area contributed by atoms with E-state index in [1.165, 1.54) is 25.1 Å². The van der Waals surface area contributed by atoms with Crippen LogP contribution in [0.2, 0.25) is 5.02 Å². The van der Waals surface area contributed by atoms with Crippen LogP contribution in [0.1, 0.15) is 12.5 Å². The summed E-state index contributed by atoms with van der Waals surface area (Å²) in [7, 11) is -2.10. The molecule has 2 aromatic rings. The lowest BCUT2D eigenvalue weighted by Gasteiger charge is -2.15. The van der Waals surface area contributed by atoms with Crippen LogP contribution in [-0.2, 0) is 0 Å². The number of alkyl halides is 3. The first kappa shape index (κ1) is 18.3. The molecular weight excluding hydrogens is 366 g/mol. The lowest BCUT2D eigenvalue weighted by atomic mass is 10.2. The van der Waals surface area contributed by atoms with Crippen molar-refractivity contribution in [3.63, 3.8) is 0 Å². The van der Waals surface area contributed by atoms with Gasteiger partial charge in [-0.2, -0.15) is 18.4 Å². The van der Waals surface area contributed by atoms with Gasteiger partial charge in [0, 0.05) is 16.0 Å². The SMILES string of the molecule is C/C=S(\c1ccc(Oc2cc(F)cc(Cl)c2)c(C#N)c1)C(F)(F)F. The first-order valence-corrected chi connectivity index (χ1v) is 8.18. The van der Waals surface area contributed by atoms with Crippen LogP contribution in [0.5, 0.6) is 11.5 Å². The summed E-state index contributed by atoms with van der Waals surface area (Å²) in [5.74, 6) is -0.572. The first-order valence-electron chi connectivity index (χ1n) is 6.52. The van der Waals surface area contributed by atoms with E-state index in [4.69, 9.17) is 21.6 Å². The zero-order valence-corrected chi connectivity index (χ0v) is 13.8. The molecule has 2 aromatic carbocycles. The predicted octanol–water partition coefficient (Wildman–Crippen LogP) is 6.11. The van der Waals surface area contributed by atoms with Crippen molar-refractivity contribution in [2.75, 3.05) is 0 Å². The Morgan fingerprint density at radius 3 is 2.46 bits per heavy atom. The average molecular weight is 376 g/mol. The van der Waals surface area contributed by atoms with E-state index >= 15 is 0 Å². The van der Waals surface area contributed by atoms with Gasteiger partial charge in [0.05, 0.1) is 5.56 Å². The second kappa shape index (κ2) is 7.24. The molecule has 0 N–H and O–H groups in total. The maximum atomic E-state index is 13.3. The minimum atomic E-state index is -4.43. The van der Waals surface area contributed by atoms with Crippen LogP contribution < -0.4 is 4.74 Å². The molecule has 0 aliphatic heterocycles. The molecule has 0 fully saturated rings. The zero-order chi connectivity index (χ0) is 17.9. The summed E-state index contributed by atoms with van der Waals surface area (Å²) in [6.07, 6.45) is 0. The maximum absolute atomic E-state index is 13.3. The van der Waals surface area contributed by atoms with Gasteiger partial charge in [-0.25, -0.2) is 4.39 Å². The second-order valence-electron chi connectivity index (χ2n) is 4.50. The minimum Gasteiger partial charge on any atom is -0.456 e. The third-order valence-corrected chi connectivity index (χ3v) is 4.82. The van der Waals surface area contributed by atoms with Gasteiger partial charge in [0.1, 0.15) is 23.4 Å². The highest BCUT2D eigenvalue weighted by atomic mass is 35.5. The van der Waals surface area contributed by atoms with E-state index in [0.717, 1.165) is 23.6 Å². The molecule has 1 atom stereocenters. The molecule has 2 nitrogen and oxygen atoms in total. The van der Waals surface area contributed by atoms with Gasteiger partial charge in [-0.15, -0.1) is 0 Å². The van der Waals surface area contributed by atoms with Crippen LogP contribution in [0, 0.1) is 17.1 Å². The topological polar surface area (TPSA) is 33.0 Å². The fourth-order valence-corrected chi connectivity index (χ4v) is 3.42. The van der Waals surface area contributed by atoms with Crippen LogP contribution in [0.15, 0.2) is 41.3 Å². The smallest absolute Gasteiger partial charge is 0.440 e. The Hall–Kier alpha value is -2.04. The summed E-state index contributed by atoms with van der Waals surface area (Å²) in [4.78, 5) is -0.0498. The van der Waals surface area contributed by atoms with Crippen molar-refractivity contribution >= 4 is 27.5 Å². The summed E-state index contributed by atoms with van der Waals surface area (Å²) < 4.78 is 57.6. The molecule has 0 radical (unpaired) electrons. The van der Waals surface area contributed by atoms with E-state index in [1.807, 2.05) is 0 Å². The van der Waals surface area contributed by atoms with E-state index in [2.05, 4.69) is 0 Å². The molecular formula is C16H10ClF4NOS. The Morgan fingerprint density at radius 2 is 1.92 bits per heavy atom. The van der Waals surface area contributed by atoms with E-state index in [9.17, 15) is 17.6 Å². The molecule has 1 unspecified atom stereocenters. The van der Waals surface area contributed by atoms with E-state index in [1.54, 1.807) is 6.07 Å². The lowest BCUT2D eigenvalue weighted by Crippen LogP contribution is -2.05. The third kappa shape index (κ3) is 4.28. The van der Waals surface area contributed by atoms with Crippen molar-refractivity contribution in [1.82, 2.24) is 0 Å². The highest BCUT2D eigenvalue weighted by molar-refractivity contribution is 8.15. The molecule has 0 aliphatic rings. The molecule has 8 heteroatoms. The van der Waals surface area contributed by atoms with Crippen LogP contribution in [0.25, 0.3) is 0 Å². The number of hydrogen-bond donors (Lipinski definition) is 0. The van der Waals surface area contributed by atoms with Crippen molar-refractivity contribution in [2.45, 2.75) is 17.3 Å². The predicted molar refractivity (Wildman–Crippen MR) is 86.3 cm³/mol. The van der Waals surface area contributed by atoms with Gasteiger partial charge in [-0.05, 0) is 37.3 Å². The molecule has 0 spiro atoms. The summed E-state index contributed by atoms with van der Waals surface area (Å²) in [5.41, 5.74) is -4.52. The standard InChI is InChI=1S/C16H10ClF4NOS/c1-2-24(16(19,20)21)14-3-4-15(10(5-14)9-22)23-13-7-11(17)6-12(18)8-13/h2-8H,1H3. The van der Waals surface area contributed by atoms with Crippen LogP contribution in [0.3, 0.4) is 0 Å². The summed E-state index contributed by atoms with van der Waals surface area (Å²) >= 11 is 5.71. The number of nitrogens with zero attached hydrogens (tertiary/aromatic N) is 1. The highest BCUT2D eigenvalue weighted by Crippen LogP contribution is 2.44. The van der Waals surface area contributed by atoms with Crippen molar-refractivity contribution in [3.8, 4) is 17.6 Å². The van der Waals surface area contributed by atoms with Crippen molar-refractivity contribution < 1.29 is 22.3 Å². The monoisotopic (exact) mass is 375 g/mol. The number of benzene rings is 2. The zero-order valence-electron chi connectivity index (χ0n) is 12.2. The lowest BCUT2D eigenvalue weighted by molar-refractivity contribution is -0.0334. The van der Waals surface area contributed by atoms with Crippen molar-refractivity contribution in [1.29, 1.82) is 5.26 Å². The Kier molecular flexibility index (Phi) is 5.52. The Labute approximate surface area is 143 Å². The summed E-state index contributed by atoms with van der Waals surface area (Å²) in [6.45, 7) is 1.31. The van der Waals surface area contributed by atoms with Crippen LogP contribution in [-0.4, -0.2) is 10.9 Å². The third-order valence-electron chi connectivity index (χ3n) is 2.87. The fraction of sp³-hybridized carbons (Fsp3) is 0.125. The van der Waals surface area contributed by atoms with Gasteiger partial charge >= 0.3 is 5.51 Å². The van der Waals surface area contributed by atoms with Gasteiger partial charge in [-0.3, -0.25) is 0 Å². The van der Waals surface area contributed by atoms with Crippen LogP contribution >= 0.6 is 22.1 Å². The molecule has 0 saturated carbocycles. The molecule has 0 amide bonds. The number of hydrogen-bond acceptors (Lipinski definition) is 2. The molecule has 0 saturated heterocycles. The normalized spacial score (nSPS) is 12.7. The molecule has 0 aliphatic carbocycles. The molecule has 24 heavy (non-hydrogen) atoms. The average Bonchev–Trinajstić information content (AvgIpc) is 2.46. The number of rotatable bonds is 3.